The Morgan fingerprint density at radius 2 is 1.91 bits per heavy atom. The van der Waals surface area contributed by atoms with E-state index in [1.807, 2.05) is 30.0 Å². The summed E-state index contributed by atoms with van der Waals surface area (Å²) < 4.78 is 0. The van der Waals surface area contributed by atoms with Crippen molar-refractivity contribution in [1.82, 2.24) is 4.90 Å². The van der Waals surface area contributed by atoms with E-state index in [2.05, 4.69) is 49.1 Å². The molecule has 1 heterocycles. The van der Waals surface area contributed by atoms with Crippen LogP contribution in [-0.2, 0) is 11.2 Å². The Bertz CT molecular complexity index is 683. The lowest BCUT2D eigenvalue weighted by molar-refractivity contribution is -0.131. The fourth-order valence-electron chi connectivity index (χ4n) is 2.96. The van der Waals surface area contributed by atoms with Crippen LogP contribution in [0.15, 0.2) is 48.5 Å². The lowest BCUT2D eigenvalue weighted by Crippen LogP contribution is -2.30. The van der Waals surface area contributed by atoms with E-state index in [0.717, 1.165) is 18.7 Å². The summed E-state index contributed by atoms with van der Waals surface area (Å²) in [5.74, 6) is 1.29. The minimum absolute atomic E-state index is 0.178. The van der Waals surface area contributed by atoms with Crippen molar-refractivity contribution in [3.63, 3.8) is 0 Å². The first-order chi connectivity index (χ1) is 11.1. The first-order valence-electron chi connectivity index (χ1n) is 8.17. The molecule has 1 saturated heterocycles. The number of carbonyl (C=O) groups excluding carboxylic acids is 1. The zero-order chi connectivity index (χ0) is 16.2. The van der Waals surface area contributed by atoms with E-state index in [1.165, 1.54) is 22.3 Å². The molecule has 0 bridgehead atoms. The summed E-state index contributed by atoms with van der Waals surface area (Å²) in [7, 11) is 0. The maximum Gasteiger partial charge on any atom is 0.224 e. The van der Waals surface area contributed by atoms with Gasteiger partial charge in [-0.1, -0.05) is 48.5 Å². The van der Waals surface area contributed by atoms with Gasteiger partial charge in [-0.2, -0.15) is 0 Å². The quantitative estimate of drug-likeness (QED) is 0.824. The van der Waals surface area contributed by atoms with E-state index < -0.39 is 0 Å². The average Bonchev–Trinajstić information content (AvgIpc) is 3.06. The van der Waals surface area contributed by atoms with Gasteiger partial charge >= 0.3 is 0 Å². The van der Waals surface area contributed by atoms with Crippen LogP contribution >= 0.6 is 11.8 Å². The molecule has 1 unspecified atom stereocenters. The number of aryl methyl sites for hydroxylation is 3. The molecule has 1 amide bonds. The Balaban J connectivity index is 1.68. The molecule has 1 atom stereocenters. The lowest BCUT2D eigenvalue weighted by atomic mass is 10.1. The summed E-state index contributed by atoms with van der Waals surface area (Å²) in [6.07, 6.45) is 1.41. The number of benzene rings is 2. The second-order valence-corrected chi connectivity index (χ2v) is 7.33. The van der Waals surface area contributed by atoms with Crippen LogP contribution in [0, 0.1) is 13.8 Å². The van der Waals surface area contributed by atoms with E-state index in [-0.39, 0.29) is 11.3 Å². The van der Waals surface area contributed by atoms with E-state index in [9.17, 15) is 4.79 Å². The van der Waals surface area contributed by atoms with E-state index >= 15 is 0 Å². The predicted octanol–water partition coefficient (Wildman–Crippen LogP) is 4.51. The highest BCUT2D eigenvalue weighted by molar-refractivity contribution is 7.99. The van der Waals surface area contributed by atoms with Gasteiger partial charge in [0.05, 0.1) is 0 Å². The number of rotatable bonds is 4. The molecule has 3 rings (SSSR count). The first kappa shape index (κ1) is 16.1. The highest BCUT2D eigenvalue weighted by atomic mass is 32.2. The third-order valence-corrected chi connectivity index (χ3v) is 5.76. The van der Waals surface area contributed by atoms with Gasteiger partial charge in [-0.05, 0) is 42.5 Å². The van der Waals surface area contributed by atoms with Crippen LogP contribution in [0.4, 0.5) is 0 Å². The Kier molecular flexibility index (Phi) is 5.06. The van der Waals surface area contributed by atoms with E-state index in [1.54, 1.807) is 0 Å². The van der Waals surface area contributed by atoms with Crippen LogP contribution in [0.1, 0.15) is 34.0 Å². The monoisotopic (exact) mass is 325 g/mol. The zero-order valence-corrected chi connectivity index (χ0v) is 14.6. The predicted molar refractivity (Wildman–Crippen MR) is 97.6 cm³/mol. The summed E-state index contributed by atoms with van der Waals surface area (Å²) in [6.45, 7) is 5.12. The minimum Gasteiger partial charge on any atom is -0.326 e. The molecule has 0 aromatic heterocycles. The molecule has 0 aliphatic carbocycles. The number of hydrogen-bond acceptors (Lipinski definition) is 2. The Labute approximate surface area is 142 Å². The van der Waals surface area contributed by atoms with Gasteiger partial charge in [0.1, 0.15) is 5.37 Å². The van der Waals surface area contributed by atoms with Crippen LogP contribution in [0.25, 0.3) is 0 Å². The van der Waals surface area contributed by atoms with E-state index in [0.29, 0.717) is 6.42 Å². The normalized spacial score (nSPS) is 17.5. The molecule has 2 aromatic rings. The lowest BCUT2D eigenvalue weighted by Gasteiger charge is -2.25. The number of amides is 1. The zero-order valence-electron chi connectivity index (χ0n) is 13.8. The van der Waals surface area contributed by atoms with Gasteiger partial charge in [0.15, 0.2) is 0 Å². The molecule has 1 fully saturated rings. The molecular formula is C20H23NOS. The summed E-state index contributed by atoms with van der Waals surface area (Å²) in [6, 6.07) is 16.8. The van der Waals surface area contributed by atoms with Crippen molar-refractivity contribution < 1.29 is 4.79 Å². The van der Waals surface area contributed by atoms with E-state index in [4.69, 9.17) is 0 Å². The van der Waals surface area contributed by atoms with Crippen LogP contribution in [0.3, 0.4) is 0 Å². The van der Waals surface area contributed by atoms with Crippen molar-refractivity contribution in [2.24, 2.45) is 0 Å². The number of nitrogens with zero attached hydrogens (tertiary/aromatic N) is 1. The minimum atomic E-state index is 0.178. The molecule has 1 aliphatic heterocycles. The topological polar surface area (TPSA) is 20.3 Å². The first-order valence-corrected chi connectivity index (χ1v) is 9.22. The average molecular weight is 325 g/mol. The molecule has 0 saturated carbocycles. The Morgan fingerprint density at radius 3 is 2.65 bits per heavy atom. The second kappa shape index (κ2) is 7.22. The molecule has 120 valence electrons. The molecule has 23 heavy (non-hydrogen) atoms. The van der Waals surface area contributed by atoms with Gasteiger partial charge in [-0.25, -0.2) is 0 Å². The van der Waals surface area contributed by atoms with Gasteiger partial charge in [-0.3, -0.25) is 4.79 Å². The molecule has 0 radical (unpaired) electrons. The largest absolute Gasteiger partial charge is 0.326 e. The van der Waals surface area contributed by atoms with Gasteiger partial charge < -0.3 is 4.90 Å². The van der Waals surface area contributed by atoms with Gasteiger partial charge in [0.25, 0.3) is 0 Å². The second-order valence-electron chi connectivity index (χ2n) is 6.14. The fraction of sp³-hybridized carbons (Fsp3) is 0.350. The Morgan fingerprint density at radius 1 is 1.13 bits per heavy atom. The van der Waals surface area contributed by atoms with Crippen LogP contribution in [0.2, 0.25) is 0 Å². The van der Waals surface area contributed by atoms with Crippen molar-refractivity contribution in [2.75, 3.05) is 12.3 Å². The third-order valence-electron chi connectivity index (χ3n) is 4.50. The summed E-state index contributed by atoms with van der Waals surface area (Å²) in [4.78, 5) is 14.7. The number of hydrogen-bond donors (Lipinski definition) is 0. The van der Waals surface area contributed by atoms with Crippen molar-refractivity contribution in [3.05, 3.63) is 70.8 Å². The standard InChI is InChI=1S/C20H23NOS/c1-15-8-10-18(14-16(15)2)20-21(12-13-23-20)19(22)11-9-17-6-4-3-5-7-17/h3-8,10,14,20H,9,11-13H2,1-2H3. The summed E-state index contributed by atoms with van der Waals surface area (Å²) >= 11 is 1.87. The molecule has 0 N–H and O–H groups in total. The summed E-state index contributed by atoms with van der Waals surface area (Å²) in [5, 5.41) is 0.178. The maximum absolute atomic E-state index is 12.7. The number of carbonyl (C=O) groups is 1. The molecular weight excluding hydrogens is 302 g/mol. The highest BCUT2D eigenvalue weighted by Gasteiger charge is 2.30. The maximum atomic E-state index is 12.7. The molecule has 2 aromatic carbocycles. The van der Waals surface area contributed by atoms with Crippen molar-refractivity contribution in [1.29, 1.82) is 0 Å². The van der Waals surface area contributed by atoms with Crippen molar-refractivity contribution in [3.8, 4) is 0 Å². The SMILES string of the molecule is Cc1ccc(C2SCCN2C(=O)CCc2ccccc2)cc1C. The molecule has 1 aliphatic rings. The fourth-order valence-corrected chi connectivity index (χ4v) is 4.23. The smallest absolute Gasteiger partial charge is 0.224 e. The molecule has 0 spiro atoms. The summed E-state index contributed by atoms with van der Waals surface area (Å²) in [5.41, 5.74) is 5.09. The van der Waals surface area contributed by atoms with Gasteiger partial charge in [0, 0.05) is 18.7 Å². The third kappa shape index (κ3) is 3.78. The Hall–Kier alpha value is -1.74. The molecule has 2 nitrogen and oxygen atoms in total. The van der Waals surface area contributed by atoms with Crippen molar-refractivity contribution >= 4 is 17.7 Å². The van der Waals surface area contributed by atoms with Crippen LogP contribution in [0.5, 0.6) is 0 Å². The molecule has 3 heteroatoms. The van der Waals surface area contributed by atoms with Gasteiger partial charge in [-0.15, -0.1) is 11.8 Å². The van der Waals surface area contributed by atoms with Crippen LogP contribution in [-0.4, -0.2) is 23.1 Å². The highest BCUT2D eigenvalue weighted by Crippen LogP contribution is 2.38. The van der Waals surface area contributed by atoms with Gasteiger partial charge in [0.2, 0.25) is 5.91 Å². The van der Waals surface area contributed by atoms with Crippen LogP contribution < -0.4 is 0 Å². The number of thioether (sulfide) groups is 1. The van der Waals surface area contributed by atoms with Crippen molar-refractivity contribution in [2.45, 2.75) is 32.1 Å².